The van der Waals surface area contributed by atoms with Gasteiger partial charge in [-0.25, -0.2) is 0 Å². The Bertz CT molecular complexity index is 737. The van der Waals surface area contributed by atoms with Gasteiger partial charge in [0, 0.05) is 24.4 Å². The highest BCUT2D eigenvalue weighted by Crippen LogP contribution is 2.47. The molecule has 23 heavy (non-hydrogen) atoms. The lowest BCUT2D eigenvalue weighted by Gasteiger charge is -2.42. The molecule has 2 bridgehead atoms. The molecule has 2 unspecified atom stereocenters. The summed E-state index contributed by atoms with van der Waals surface area (Å²) in [6.45, 7) is 2.01. The Hall–Kier alpha value is -1.67. The molecule has 0 amide bonds. The maximum atomic E-state index is 12.7. The van der Waals surface area contributed by atoms with Crippen molar-refractivity contribution < 1.29 is 4.79 Å². The van der Waals surface area contributed by atoms with Crippen molar-refractivity contribution in [2.45, 2.75) is 50.6 Å². The first kappa shape index (κ1) is 14.9. The molecule has 0 radical (unpaired) electrons. The monoisotopic (exact) mass is 307 g/mol. The smallest absolute Gasteiger partial charge is 0.137 e. The van der Waals surface area contributed by atoms with Crippen LogP contribution in [0.3, 0.4) is 0 Å². The fraction of sp³-hybridized carbons (Fsp3) is 0.476. The Labute approximate surface area is 138 Å². The number of carbonyl (C=O) groups is 1. The zero-order chi connectivity index (χ0) is 16.0. The van der Waals surface area contributed by atoms with Crippen LogP contribution in [0, 0.1) is 5.92 Å². The van der Waals surface area contributed by atoms with Crippen molar-refractivity contribution in [3.63, 3.8) is 0 Å². The number of nitrogens with zero attached hydrogens (tertiary/aromatic N) is 1. The second kappa shape index (κ2) is 5.76. The molecule has 2 aromatic rings. The Kier molecular flexibility index (Phi) is 3.73. The summed E-state index contributed by atoms with van der Waals surface area (Å²) < 4.78 is 0. The van der Waals surface area contributed by atoms with Crippen LogP contribution in [0.4, 0.5) is 0 Å². The molecule has 4 atom stereocenters. The van der Waals surface area contributed by atoms with Crippen LogP contribution in [0.1, 0.15) is 44.1 Å². The summed E-state index contributed by atoms with van der Waals surface area (Å²) >= 11 is 0. The summed E-state index contributed by atoms with van der Waals surface area (Å²) in [5.74, 6) is 1.01. The van der Waals surface area contributed by atoms with E-state index in [2.05, 4.69) is 54.4 Å². The molecule has 2 aliphatic heterocycles. The number of benzene rings is 2. The van der Waals surface area contributed by atoms with Crippen LogP contribution >= 0.6 is 0 Å². The third kappa shape index (κ3) is 2.40. The van der Waals surface area contributed by atoms with E-state index in [1.807, 2.05) is 6.92 Å². The topological polar surface area (TPSA) is 20.3 Å². The van der Waals surface area contributed by atoms with E-state index >= 15 is 0 Å². The number of hydrogen-bond donors (Lipinski definition) is 0. The van der Waals surface area contributed by atoms with Gasteiger partial charge in [0.1, 0.15) is 5.78 Å². The first-order chi connectivity index (χ1) is 11.2. The minimum Gasteiger partial charge on any atom is -0.300 e. The van der Waals surface area contributed by atoms with Crippen molar-refractivity contribution in [1.82, 2.24) is 4.90 Å². The van der Waals surface area contributed by atoms with Crippen molar-refractivity contribution in [3.05, 3.63) is 48.0 Å². The summed E-state index contributed by atoms with van der Waals surface area (Å²) in [5, 5.41) is 2.57. The molecule has 2 nitrogen and oxygen atoms in total. The lowest BCUT2D eigenvalue weighted by atomic mass is 9.73. The average molecular weight is 307 g/mol. The second-order valence-corrected chi connectivity index (χ2v) is 7.26. The minimum atomic E-state index is 0.171. The van der Waals surface area contributed by atoms with E-state index in [9.17, 15) is 4.79 Å². The molecule has 4 rings (SSSR count). The third-order valence-electron chi connectivity index (χ3n) is 6.19. The fourth-order valence-corrected chi connectivity index (χ4v) is 4.92. The number of piperidine rings is 1. The van der Waals surface area contributed by atoms with Gasteiger partial charge in [0.25, 0.3) is 0 Å². The molecule has 0 spiro atoms. The summed E-state index contributed by atoms with van der Waals surface area (Å²) in [6, 6.07) is 16.4. The molecule has 120 valence electrons. The van der Waals surface area contributed by atoms with Gasteiger partial charge in [0.05, 0.1) is 0 Å². The quantitative estimate of drug-likeness (QED) is 0.838. The molecule has 2 aromatic carbocycles. The molecule has 0 aromatic heterocycles. The normalized spacial score (nSPS) is 30.7. The van der Waals surface area contributed by atoms with Gasteiger partial charge in [-0.3, -0.25) is 9.69 Å². The Morgan fingerprint density at radius 2 is 1.91 bits per heavy atom. The van der Waals surface area contributed by atoms with Crippen LogP contribution in [0.15, 0.2) is 42.5 Å². The minimum absolute atomic E-state index is 0.171. The predicted octanol–water partition coefficient (Wildman–Crippen LogP) is 4.39. The van der Waals surface area contributed by atoms with Crippen molar-refractivity contribution >= 4 is 16.6 Å². The second-order valence-electron chi connectivity index (χ2n) is 7.26. The third-order valence-corrected chi connectivity index (χ3v) is 6.19. The number of carbonyl (C=O) groups excluding carboxylic acids is 1. The van der Waals surface area contributed by atoms with Crippen LogP contribution in [0.2, 0.25) is 0 Å². The van der Waals surface area contributed by atoms with Gasteiger partial charge in [0.2, 0.25) is 0 Å². The van der Waals surface area contributed by atoms with E-state index in [0.29, 0.717) is 30.2 Å². The van der Waals surface area contributed by atoms with Crippen LogP contribution in [0.5, 0.6) is 0 Å². The SMILES string of the molecule is CCC(=O)[C@@H]1C2CCC(C[C@@H]1c1ccc3ccccc3c1)N2C. The van der Waals surface area contributed by atoms with Crippen LogP contribution in [0.25, 0.3) is 10.8 Å². The van der Waals surface area contributed by atoms with Gasteiger partial charge < -0.3 is 0 Å². The largest absolute Gasteiger partial charge is 0.300 e. The molecular formula is C21H25NO. The summed E-state index contributed by atoms with van der Waals surface area (Å²) in [5.41, 5.74) is 1.36. The average Bonchev–Trinajstić information content (AvgIpc) is 2.83. The number of rotatable bonds is 3. The Morgan fingerprint density at radius 3 is 2.70 bits per heavy atom. The molecule has 0 saturated carbocycles. The summed E-state index contributed by atoms with van der Waals surface area (Å²) in [6.07, 6.45) is 4.21. The van der Waals surface area contributed by atoms with Gasteiger partial charge in [-0.1, -0.05) is 49.4 Å². The van der Waals surface area contributed by atoms with Crippen molar-refractivity contribution in [3.8, 4) is 0 Å². The van der Waals surface area contributed by atoms with E-state index in [4.69, 9.17) is 0 Å². The molecule has 2 heterocycles. The summed E-state index contributed by atoms with van der Waals surface area (Å²) in [7, 11) is 2.22. The van der Waals surface area contributed by atoms with Crippen molar-refractivity contribution in [1.29, 1.82) is 0 Å². The zero-order valence-corrected chi connectivity index (χ0v) is 14.0. The molecule has 0 aliphatic carbocycles. The highest BCUT2D eigenvalue weighted by atomic mass is 16.1. The maximum Gasteiger partial charge on any atom is 0.137 e. The highest BCUT2D eigenvalue weighted by molar-refractivity contribution is 5.85. The standard InChI is InChI=1S/C21H25NO/c1-3-20(23)21-18(13-17-10-11-19(21)22(17)2)16-9-8-14-6-4-5-7-15(14)12-16/h4-9,12,17-19,21H,3,10-11,13H2,1-2H3/t17?,18-,19?,21+/m1/s1. The number of fused-ring (bicyclic) bond motifs is 3. The van der Waals surface area contributed by atoms with Gasteiger partial charge in [-0.15, -0.1) is 0 Å². The van der Waals surface area contributed by atoms with E-state index in [1.54, 1.807) is 0 Å². The summed E-state index contributed by atoms with van der Waals surface area (Å²) in [4.78, 5) is 15.2. The Balaban J connectivity index is 1.76. The molecule has 2 saturated heterocycles. The molecule has 2 fully saturated rings. The lowest BCUT2D eigenvalue weighted by molar-refractivity contribution is -0.126. The zero-order valence-electron chi connectivity index (χ0n) is 14.0. The first-order valence-electron chi connectivity index (χ1n) is 8.92. The number of ketones is 1. The lowest BCUT2D eigenvalue weighted by Crippen LogP contribution is -2.48. The molecule has 2 heteroatoms. The van der Waals surface area contributed by atoms with Gasteiger partial charge in [-0.05, 0) is 48.6 Å². The van der Waals surface area contributed by atoms with E-state index in [0.717, 1.165) is 6.42 Å². The molecule has 0 N–H and O–H groups in total. The van der Waals surface area contributed by atoms with Crippen LogP contribution in [-0.4, -0.2) is 29.8 Å². The van der Waals surface area contributed by atoms with Gasteiger partial charge in [0.15, 0.2) is 0 Å². The Morgan fingerprint density at radius 1 is 1.13 bits per heavy atom. The first-order valence-corrected chi connectivity index (χ1v) is 8.92. The number of hydrogen-bond acceptors (Lipinski definition) is 2. The van der Waals surface area contributed by atoms with Gasteiger partial charge in [-0.2, -0.15) is 0 Å². The van der Waals surface area contributed by atoms with Gasteiger partial charge >= 0.3 is 0 Å². The van der Waals surface area contributed by atoms with E-state index in [-0.39, 0.29) is 5.92 Å². The van der Waals surface area contributed by atoms with E-state index in [1.165, 1.54) is 29.2 Å². The number of Topliss-reactive ketones (excluding diaryl/α,β-unsaturated/α-hetero) is 1. The van der Waals surface area contributed by atoms with Crippen LogP contribution in [-0.2, 0) is 4.79 Å². The van der Waals surface area contributed by atoms with Crippen LogP contribution < -0.4 is 0 Å². The highest BCUT2D eigenvalue weighted by Gasteiger charge is 2.48. The maximum absolute atomic E-state index is 12.7. The van der Waals surface area contributed by atoms with Crippen molar-refractivity contribution in [2.24, 2.45) is 5.92 Å². The predicted molar refractivity (Wildman–Crippen MR) is 94.7 cm³/mol. The molecular weight excluding hydrogens is 282 g/mol. The van der Waals surface area contributed by atoms with Crippen molar-refractivity contribution in [2.75, 3.05) is 7.05 Å². The van der Waals surface area contributed by atoms with E-state index < -0.39 is 0 Å². The molecule has 2 aliphatic rings. The fourth-order valence-electron chi connectivity index (χ4n) is 4.92.